The van der Waals surface area contributed by atoms with Gasteiger partial charge in [-0.25, -0.2) is 0 Å². The second-order valence-corrected chi connectivity index (χ2v) is 11.3. The van der Waals surface area contributed by atoms with Crippen molar-refractivity contribution in [1.82, 2.24) is 15.3 Å². The lowest BCUT2D eigenvalue weighted by Crippen LogP contribution is -2.47. The number of rotatable bonds is 6. The van der Waals surface area contributed by atoms with Crippen molar-refractivity contribution in [3.63, 3.8) is 0 Å². The Balaban J connectivity index is 1.31. The number of aromatic nitrogens is 2. The molecule has 0 saturated carbocycles. The van der Waals surface area contributed by atoms with Gasteiger partial charge in [-0.3, -0.25) is 0 Å². The fourth-order valence-electron chi connectivity index (χ4n) is 5.41. The summed E-state index contributed by atoms with van der Waals surface area (Å²) < 4.78 is 0. The minimum atomic E-state index is 0.498. The number of piperidine rings is 1. The zero-order valence-electron chi connectivity index (χ0n) is 22.1. The van der Waals surface area contributed by atoms with Gasteiger partial charge in [0.05, 0.1) is 0 Å². The van der Waals surface area contributed by atoms with Gasteiger partial charge in [-0.2, -0.15) is 9.97 Å². The molecule has 2 saturated heterocycles. The molecule has 5 rings (SSSR count). The summed E-state index contributed by atoms with van der Waals surface area (Å²) in [5.74, 6) is 3.69. The Morgan fingerprint density at radius 3 is 2.13 bits per heavy atom. The molecule has 0 radical (unpaired) electrons. The van der Waals surface area contributed by atoms with Crippen LogP contribution in [-0.2, 0) is 6.54 Å². The summed E-state index contributed by atoms with van der Waals surface area (Å²) >= 11 is 11.6. The van der Waals surface area contributed by atoms with Gasteiger partial charge in [0.2, 0.25) is 5.95 Å². The second kappa shape index (κ2) is 12.2. The number of nitrogens with one attached hydrogen (secondary N) is 2. The van der Waals surface area contributed by atoms with E-state index >= 15 is 0 Å². The molecule has 2 fully saturated rings. The van der Waals surface area contributed by atoms with Crippen molar-refractivity contribution in [2.24, 2.45) is 11.8 Å². The molecule has 0 bridgehead atoms. The number of hydrogen-bond donors (Lipinski definition) is 2. The van der Waals surface area contributed by atoms with E-state index in [9.17, 15) is 0 Å². The largest absolute Gasteiger partial charge is 0.368 e. The van der Waals surface area contributed by atoms with Gasteiger partial charge in [-0.05, 0) is 60.3 Å². The van der Waals surface area contributed by atoms with Crippen molar-refractivity contribution in [2.75, 3.05) is 59.3 Å². The molecule has 2 N–H and O–H groups in total. The molecule has 38 heavy (non-hydrogen) atoms. The standard InChI is InChI=1S/C29H36ClN7S/c1-21-16-22(2)20-37(19-21)27-17-26(36-14-12-35(13-15-36)25-6-4-3-5-7-25)32-28(33-27)34-29(38)31-18-23-8-10-24(30)11-9-23/h3-11,17,21-22H,12-16,18-20H2,1-2H3,(H2,31,32,33,34,38)/t21-,22-/m0/s1. The molecule has 7 nitrogen and oxygen atoms in total. The lowest BCUT2D eigenvalue weighted by atomic mass is 9.92. The van der Waals surface area contributed by atoms with Gasteiger partial charge in [0.25, 0.3) is 0 Å². The zero-order valence-corrected chi connectivity index (χ0v) is 23.7. The smallest absolute Gasteiger partial charge is 0.232 e. The Labute approximate surface area is 236 Å². The molecule has 2 aliphatic heterocycles. The van der Waals surface area contributed by atoms with Crippen molar-refractivity contribution < 1.29 is 0 Å². The first-order valence-electron chi connectivity index (χ1n) is 13.4. The number of nitrogens with zero attached hydrogens (tertiary/aromatic N) is 5. The molecule has 2 atom stereocenters. The van der Waals surface area contributed by atoms with Crippen LogP contribution in [0.1, 0.15) is 25.8 Å². The lowest BCUT2D eigenvalue weighted by molar-refractivity contribution is 0.355. The van der Waals surface area contributed by atoms with Gasteiger partial charge in [-0.1, -0.05) is 55.8 Å². The Morgan fingerprint density at radius 1 is 0.868 bits per heavy atom. The van der Waals surface area contributed by atoms with Gasteiger partial charge in [0.1, 0.15) is 11.6 Å². The van der Waals surface area contributed by atoms with Gasteiger partial charge in [-0.15, -0.1) is 0 Å². The second-order valence-electron chi connectivity index (χ2n) is 10.5. The van der Waals surface area contributed by atoms with Crippen molar-refractivity contribution in [3.05, 3.63) is 71.2 Å². The Kier molecular flexibility index (Phi) is 8.49. The molecule has 9 heteroatoms. The summed E-state index contributed by atoms with van der Waals surface area (Å²) in [5.41, 5.74) is 2.37. The first-order valence-corrected chi connectivity index (χ1v) is 14.2. The topological polar surface area (TPSA) is 59.6 Å². The Hall–Kier alpha value is -3.10. The molecule has 2 aromatic carbocycles. The molecule has 3 aromatic rings. The average Bonchev–Trinajstić information content (AvgIpc) is 2.93. The molecule has 3 heterocycles. The maximum Gasteiger partial charge on any atom is 0.232 e. The normalized spacial score (nSPS) is 19.8. The number of thiocarbonyl (C=S) groups is 1. The summed E-state index contributed by atoms with van der Waals surface area (Å²) in [4.78, 5) is 17.0. The van der Waals surface area contributed by atoms with Crippen LogP contribution in [0, 0.1) is 11.8 Å². The van der Waals surface area contributed by atoms with Gasteiger partial charge < -0.3 is 25.3 Å². The maximum absolute atomic E-state index is 6.01. The first kappa shape index (κ1) is 26.5. The predicted molar refractivity (Wildman–Crippen MR) is 163 cm³/mol. The van der Waals surface area contributed by atoms with Crippen LogP contribution in [0.25, 0.3) is 0 Å². The number of hydrogen-bond acceptors (Lipinski definition) is 6. The van der Waals surface area contributed by atoms with Crippen LogP contribution in [0.15, 0.2) is 60.7 Å². The minimum Gasteiger partial charge on any atom is -0.368 e. The van der Waals surface area contributed by atoms with E-state index < -0.39 is 0 Å². The van der Waals surface area contributed by atoms with Gasteiger partial charge in [0, 0.05) is 62.6 Å². The highest BCUT2D eigenvalue weighted by atomic mass is 35.5. The van der Waals surface area contributed by atoms with Crippen molar-refractivity contribution in [2.45, 2.75) is 26.8 Å². The van der Waals surface area contributed by atoms with E-state index in [2.05, 4.69) is 75.6 Å². The molecule has 0 aliphatic carbocycles. The van der Waals surface area contributed by atoms with E-state index in [0.717, 1.165) is 61.5 Å². The highest BCUT2D eigenvalue weighted by Gasteiger charge is 2.25. The SMILES string of the molecule is C[C@H]1C[C@H](C)CN(c2cc(N3CCN(c4ccccc4)CC3)nc(NC(=S)NCc3ccc(Cl)cc3)n2)C1. The number of anilines is 4. The fourth-order valence-corrected chi connectivity index (χ4v) is 5.70. The molecule has 0 unspecified atom stereocenters. The monoisotopic (exact) mass is 549 g/mol. The number of benzene rings is 2. The molecule has 0 spiro atoms. The van der Waals surface area contributed by atoms with E-state index in [1.807, 2.05) is 24.3 Å². The zero-order chi connectivity index (χ0) is 26.5. The third-order valence-electron chi connectivity index (χ3n) is 7.21. The number of para-hydroxylation sites is 1. The average molecular weight is 550 g/mol. The molecule has 0 amide bonds. The van der Waals surface area contributed by atoms with E-state index in [-0.39, 0.29) is 0 Å². The van der Waals surface area contributed by atoms with Crippen LogP contribution in [0.5, 0.6) is 0 Å². The molecular weight excluding hydrogens is 514 g/mol. The van der Waals surface area contributed by atoms with Crippen LogP contribution >= 0.6 is 23.8 Å². The van der Waals surface area contributed by atoms with E-state index in [4.69, 9.17) is 33.8 Å². The lowest BCUT2D eigenvalue weighted by Gasteiger charge is -2.38. The van der Waals surface area contributed by atoms with Gasteiger partial charge >= 0.3 is 0 Å². The molecular formula is C29H36ClN7S. The summed E-state index contributed by atoms with van der Waals surface area (Å²) in [6, 6.07) is 20.5. The van der Waals surface area contributed by atoms with E-state index in [1.165, 1.54) is 12.1 Å². The van der Waals surface area contributed by atoms with Crippen LogP contribution in [0.3, 0.4) is 0 Å². The summed E-state index contributed by atoms with van der Waals surface area (Å²) in [5, 5.41) is 7.73. The third-order valence-corrected chi connectivity index (χ3v) is 7.71. The Bertz CT molecular complexity index is 1210. The molecule has 2 aliphatic rings. The van der Waals surface area contributed by atoms with Crippen LogP contribution in [0.2, 0.25) is 5.02 Å². The minimum absolute atomic E-state index is 0.498. The molecule has 200 valence electrons. The predicted octanol–water partition coefficient (Wildman–Crippen LogP) is 5.43. The summed E-state index contributed by atoms with van der Waals surface area (Å²) in [6.45, 7) is 10.9. The van der Waals surface area contributed by atoms with Crippen LogP contribution in [0.4, 0.5) is 23.3 Å². The van der Waals surface area contributed by atoms with Gasteiger partial charge in [0.15, 0.2) is 5.11 Å². The van der Waals surface area contributed by atoms with Crippen LogP contribution < -0.4 is 25.3 Å². The quantitative estimate of drug-likeness (QED) is 0.395. The fraction of sp³-hybridized carbons (Fsp3) is 0.414. The Morgan fingerprint density at radius 2 is 1.47 bits per heavy atom. The summed E-state index contributed by atoms with van der Waals surface area (Å²) in [7, 11) is 0. The summed E-state index contributed by atoms with van der Waals surface area (Å²) in [6.07, 6.45) is 1.25. The van der Waals surface area contributed by atoms with E-state index in [0.29, 0.717) is 29.4 Å². The third kappa shape index (κ3) is 6.85. The van der Waals surface area contributed by atoms with Crippen LogP contribution in [-0.4, -0.2) is 54.3 Å². The number of piperazine rings is 1. The first-order chi connectivity index (χ1) is 18.4. The molecule has 1 aromatic heterocycles. The van der Waals surface area contributed by atoms with Crippen molar-refractivity contribution in [3.8, 4) is 0 Å². The van der Waals surface area contributed by atoms with Crippen molar-refractivity contribution in [1.29, 1.82) is 0 Å². The highest BCUT2D eigenvalue weighted by Crippen LogP contribution is 2.29. The highest BCUT2D eigenvalue weighted by molar-refractivity contribution is 7.80. The maximum atomic E-state index is 6.01. The van der Waals surface area contributed by atoms with E-state index in [1.54, 1.807) is 0 Å². The number of halogens is 1. The van der Waals surface area contributed by atoms with Crippen molar-refractivity contribution >= 4 is 52.2 Å².